The van der Waals surface area contributed by atoms with E-state index < -0.39 is 0 Å². The molecule has 0 spiro atoms. The van der Waals surface area contributed by atoms with Crippen LogP contribution in [0.5, 0.6) is 0 Å². The zero-order chi connectivity index (χ0) is 18.1. The fourth-order valence-electron chi connectivity index (χ4n) is 2.57. The summed E-state index contributed by atoms with van der Waals surface area (Å²) in [5.41, 5.74) is 1.21. The summed E-state index contributed by atoms with van der Waals surface area (Å²) in [6, 6.07) is 6.19. The normalized spacial score (nSPS) is 11.0. The highest BCUT2D eigenvalue weighted by molar-refractivity contribution is 7.22. The molecule has 140 valence electrons. The maximum absolute atomic E-state index is 13.5. The summed E-state index contributed by atoms with van der Waals surface area (Å²) in [5, 5.41) is 0.561. The summed E-state index contributed by atoms with van der Waals surface area (Å²) in [4.78, 5) is 21.2. The van der Waals surface area contributed by atoms with Gasteiger partial charge in [0.2, 0.25) is 0 Å². The molecule has 1 amide bonds. The Hall–Kier alpha value is -1.96. The second kappa shape index (κ2) is 8.16. The SMILES string of the molecule is Cc1cc(C(=O)N(CCN(C)C)c2nc3ccc(F)cc3s2)c(C)o1.Cl. The van der Waals surface area contributed by atoms with Crippen LogP contribution in [-0.4, -0.2) is 43.0 Å². The van der Waals surface area contributed by atoms with E-state index in [-0.39, 0.29) is 24.1 Å². The van der Waals surface area contributed by atoms with Crippen molar-refractivity contribution in [1.29, 1.82) is 0 Å². The van der Waals surface area contributed by atoms with Crippen molar-refractivity contribution in [3.63, 3.8) is 0 Å². The number of rotatable bonds is 5. The van der Waals surface area contributed by atoms with Crippen LogP contribution >= 0.6 is 23.7 Å². The third kappa shape index (κ3) is 4.23. The van der Waals surface area contributed by atoms with Gasteiger partial charge in [0.25, 0.3) is 5.91 Å². The average molecular weight is 398 g/mol. The molecule has 0 radical (unpaired) electrons. The molecule has 0 saturated heterocycles. The Kier molecular flexibility index (Phi) is 6.39. The number of likely N-dealkylation sites (N-methyl/N-ethyl adjacent to an activating group) is 1. The van der Waals surface area contributed by atoms with Gasteiger partial charge in [-0.05, 0) is 52.2 Å². The monoisotopic (exact) mass is 397 g/mol. The van der Waals surface area contributed by atoms with Crippen LogP contribution in [0.15, 0.2) is 28.7 Å². The molecule has 0 unspecified atom stereocenters. The lowest BCUT2D eigenvalue weighted by Crippen LogP contribution is -2.36. The van der Waals surface area contributed by atoms with Gasteiger partial charge in [0, 0.05) is 13.1 Å². The van der Waals surface area contributed by atoms with E-state index >= 15 is 0 Å². The summed E-state index contributed by atoms with van der Waals surface area (Å²) in [7, 11) is 3.90. The van der Waals surface area contributed by atoms with Gasteiger partial charge in [-0.15, -0.1) is 12.4 Å². The summed E-state index contributed by atoms with van der Waals surface area (Å²) >= 11 is 1.31. The van der Waals surface area contributed by atoms with Crippen LogP contribution in [0.25, 0.3) is 10.2 Å². The number of anilines is 1. The molecule has 0 aliphatic rings. The molecule has 1 aromatic carbocycles. The Bertz CT molecular complexity index is 922. The molecular weight excluding hydrogens is 377 g/mol. The Morgan fingerprint density at radius 3 is 2.58 bits per heavy atom. The van der Waals surface area contributed by atoms with E-state index in [0.717, 1.165) is 4.70 Å². The number of nitrogens with zero attached hydrogens (tertiary/aromatic N) is 3. The maximum Gasteiger partial charge on any atom is 0.263 e. The second-order valence-electron chi connectivity index (χ2n) is 6.20. The number of aromatic nitrogens is 1. The number of carbonyl (C=O) groups is 1. The average Bonchev–Trinajstić information content (AvgIpc) is 3.09. The molecule has 2 heterocycles. The molecule has 0 atom stereocenters. The van der Waals surface area contributed by atoms with Gasteiger partial charge in [-0.1, -0.05) is 11.3 Å². The topological polar surface area (TPSA) is 49.6 Å². The molecule has 26 heavy (non-hydrogen) atoms. The van der Waals surface area contributed by atoms with Crippen LogP contribution in [0.3, 0.4) is 0 Å². The number of fused-ring (bicyclic) bond motifs is 1. The highest BCUT2D eigenvalue weighted by Crippen LogP contribution is 2.31. The fourth-order valence-corrected chi connectivity index (χ4v) is 3.59. The minimum atomic E-state index is -0.310. The van der Waals surface area contributed by atoms with Crippen LogP contribution in [-0.2, 0) is 0 Å². The molecule has 0 bridgehead atoms. The van der Waals surface area contributed by atoms with Gasteiger partial charge in [0.1, 0.15) is 17.3 Å². The van der Waals surface area contributed by atoms with Crippen molar-refractivity contribution in [2.24, 2.45) is 0 Å². The van der Waals surface area contributed by atoms with E-state index in [1.807, 2.05) is 25.9 Å². The lowest BCUT2D eigenvalue weighted by atomic mass is 10.2. The third-order valence-corrected chi connectivity index (χ3v) is 4.90. The van der Waals surface area contributed by atoms with Gasteiger partial charge in [-0.3, -0.25) is 9.69 Å². The third-order valence-electron chi connectivity index (χ3n) is 3.86. The first-order valence-electron chi connectivity index (χ1n) is 7.95. The quantitative estimate of drug-likeness (QED) is 0.645. The highest BCUT2D eigenvalue weighted by atomic mass is 35.5. The van der Waals surface area contributed by atoms with Gasteiger partial charge in [0.05, 0.1) is 15.8 Å². The van der Waals surface area contributed by atoms with Gasteiger partial charge >= 0.3 is 0 Å². The molecule has 0 aliphatic carbocycles. The summed E-state index contributed by atoms with van der Waals surface area (Å²) in [6.07, 6.45) is 0. The van der Waals surface area contributed by atoms with E-state index in [9.17, 15) is 9.18 Å². The molecule has 5 nitrogen and oxygen atoms in total. The van der Waals surface area contributed by atoms with E-state index in [1.165, 1.54) is 23.5 Å². The molecule has 0 aliphatic heterocycles. The first-order valence-corrected chi connectivity index (χ1v) is 8.76. The number of amides is 1. The number of thiazole rings is 1. The smallest absolute Gasteiger partial charge is 0.263 e. The first-order chi connectivity index (χ1) is 11.8. The number of aryl methyl sites for hydroxylation is 2. The molecule has 2 aromatic heterocycles. The van der Waals surface area contributed by atoms with Gasteiger partial charge in [-0.25, -0.2) is 9.37 Å². The Morgan fingerprint density at radius 2 is 1.96 bits per heavy atom. The zero-order valence-electron chi connectivity index (χ0n) is 15.1. The van der Waals surface area contributed by atoms with Crippen molar-refractivity contribution < 1.29 is 13.6 Å². The highest BCUT2D eigenvalue weighted by Gasteiger charge is 2.24. The number of carbonyl (C=O) groups excluding carboxylic acids is 1. The lowest BCUT2D eigenvalue weighted by molar-refractivity contribution is 0.0983. The standard InChI is InChI=1S/C18H20FN3O2S.ClH/c1-11-9-14(12(2)24-11)17(23)22(8-7-21(3)4)18-20-15-6-5-13(19)10-16(15)25-18;/h5-6,9-10H,7-8H2,1-4H3;1H. The van der Waals surface area contributed by atoms with E-state index in [0.29, 0.717) is 40.8 Å². The van der Waals surface area contributed by atoms with Crippen LogP contribution in [0.2, 0.25) is 0 Å². The van der Waals surface area contributed by atoms with Gasteiger partial charge in [0.15, 0.2) is 5.13 Å². The number of benzene rings is 1. The Balaban J connectivity index is 0.00000243. The van der Waals surface area contributed by atoms with Crippen molar-refractivity contribution >= 4 is 45.0 Å². The predicted molar refractivity (Wildman–Crippen MR) is 105 cm³/mol. The van der Waals surface area contributed by atoms with Gasteiger partial charge in [-0.2, -0.15) is 0 Å². The Labute approximate surface area is 161 Å². The van der Waals surface area contributed by atoms with Crippen molar-refractivity contribution in [3.05, 3.63) is 47.2 Å². The van der Waals surface area contributed by atoms with Crippen LogP contribution < -0.4 is 4.90 Å². The summed E-state index contributed by atoms with van der Waals surface area (Å²) in [6.45, 7) is 4.76. The number of halogens is 2. The number of hydrogen-bond donors (Lipinski definition) is 0. The van der Waals surface area contributed by atoms with Crippen molar-refractivity contribution in [2.75, 3.05) is 32.1 Å². The van der Waals surface area contributed by atoms with E-state index in [2.05, 4.69) is 4.98 Å². The number of furan rings is 1. The van der Waals surface area contributed by atoms with Crippen molar-refractivity contribution in [3.8, 4) is 0 Å². The molecule has 0 saturated carbocycles. The molecule has 3 rings (SSSR count). The molecule has 3 aromatic rings. The van der Waals surface area contributed by atoms with E-state index in [4.69, 9.17) is 4.42 Å². The van der Waals surface area contributed by atoms with E-state index in [1.54, 1.807) is 24.0 Å². The van der Waals surface area contributed by atoms with Gasteiger partial charge < -0.3 is 9.32 Å². The maximum atomic E-state index is 13.5. The second-order valence-corrected chi connectivity index (χ2v) is 7.20. The molecule has 0 N–H and O–H groups in total. The molecule has 8 heteroatoms. The van der Waals surface area contributed by atoms with Crippen LogP contribution in [0, 0.1) is 19.7 Å². The lowest BCUT2D eigenvalue weighted by Gasteiger charge is -2.21. The number of hydrogen-bond acceptors (Lipinski definition) is 5. The predicted octanol–water partition coefficient (Wildman–Crippen LogP) is 4.28. The molecule has 0 fully saturated rings. The Morgan fingerprint density at radius 1 is 1.23 bits per heavy atom. The fraction of sp³-hybridized carbons (Fsp3) is 0.333. The molecular formula is C18H21ClFN3O2S. The zero-order valence-corrected chi connectivity index (χ0v) is 16.7. The minimum absolute atomic E-state index is 0. The van der Waals surface area contributed by atoms with Crippen molar-refractivity contribution in [1.82, 2.24) is 9.88 Å². The van der Waals surface area contributed by atoms with Crippen molar-refractivity contribution in [2.45, 2.75) is 13.8 Å². The van der Waals surface area contributed by atoms with Crippen LogP contribution in [0.4, 0.5) is 9.52 Å². The first kappa shape index (κ1) is 20.4. The summed E-state index contributed by atoms with van der Waals surface area (Å²) in [5.74, 6) is 0.815. The van der Waals surface area contributed by atoms with Crippen LogP contribution in [0.1, 0.15) is 21.9 Å². The minimum Gasteiger partial charge on any atom is -0.466 e. The summed E-state index contributed by atoms with van der Waals surface area (Å²) < 4.78 is 19.7. The largest absolute Gasteiger partial charge is 0.466 e.